The number of aryl methyl sites for hydroxylation is 1. The molecule has 0 radical (unpaired) electrons. The third kappa shape index (κ3) is 2.78. The average molecular weight is 371 g/mol. The molecule has 1 unspecified atom stereocenters. The molecule has 20 heavy (non-hydrogen) atoms. The first-order valence-corrected chi connectivity index (χ1v) is 8.55. The Hall–Kier alpha value is -0.840. The third-order valence-electron chi connectivity index (χ3n) is 3.42. The smallest absolute Gasteiger partial charge is 0.224 e. The highest BCUT2D eigenvalue weighted by atomic mass is 79.9. The van der Waals surface area contributed by atoms with E-state index in [1.165, 1.54) is 5.56 Å². The van der Waals surface area contributed by atoms with Crippen molar-refractivity contribution in [2.24, 2.45) is 0 Å². The second-order valence-electron chi connectivity index (χ2n) is 4.81. The van der Waals surface area contributed by atoms with Crippen molar-refractivity contribution in [3.8, 4) is 0 Å². The molecule has 1 amide bonds. The molecule has 0 bridgehead atoms. The molecule has 1 aromatic heterocycles. The highest BCUT2D eigenvalue weighted by Crippen LogP contribution is 2.38. The Labute approximate surface area is 135 Å². The highest BCUT2D eigenvalue weighted by Gasteiger charge is 2.18. The Morgan fingerprint density at radius 2 is 2.15 bits per heavy atom. The zero-order valence-electron chi connectivity index (χ0n) is 10.7. The van der Waals surface area contributed by atoms with Gasteiger partial charge in [-0.3, -0.25) is 4.79 Å². The summed E-state index contributed by atoms with van der Waals surface area (Å²) in [5, 5.41) is 4.81. The van der Waals surface area contributed by atoms with E-state index in [9.17, 15) is 4.79 Å². The van der Waals surface area contributed by atoms with Gasteiger partial charge in [0, 0.05) is 21.5 Å². The Bertz CT molecular complexity index is 655. The van der Waals surface area contributed by atoms with E-state index in [4.69, 9.17) is 11.6 Å². The molecule has 3 rings (SSSR count). The fourth-order valence-electron chi connectivity index (χ4n) is 2.39. The molecule has 2 heterocycles. The maximum Gasteiger partial charge on any atom is 0.224 e. The van der Waals surface area contributed by atoms with Crippen LogP contribution in [0.15, 0.2) is 34.1 Å². The van der Waals surface area contributed by atoms with Gasteiger partial charge in [-0.05, 0) is 57.4 Å². The number of benzene rings is 1. The lowest BCUT2D eigenvalue weighted by atomic mass is 10.0. The van der Waals surface area contributed by atoms with Crippen molar-refractivity contribution in [1.29, 1.82) is 0 Å². The Morgan fingerprint density at radius 1 is 1.30 bits per heavy atom. The van der Waals surface area contributed by atoms with Gasteiger partial charge in [-0.2, -0.15) is 0 Å². The van der Waals surface area contributed by atoms with Gasteiger partial charge in [-0.25, -0.2) is 0 Å². The van der Waals surface area contributed by atoms with Gasteiger partial charge in [-0.15, -0.1) is 22.9 Å². The first-order valence-electron chi connectivity index (χ1n) is 6.45. The quantitative estimate of drug-likeness (QED) is 0.731. The number of anilines is 1. The molecule has 1 N–H and O–H groups in total. The van der Waals surface area contributed by atoms with E-state index < -0.39 is 0 Å². The summed E-state index contributed by atoms with van der Waals surface area (Å²) in [7, 11) is 0. The summed E-state index contributed by atoms with van der Waals surface area (Å²) in [5.74, 6) is 0.0972. The normalized spacial score (nSPS) is 16.2. The molecular weight excluding hydrogens is 358 g/mol. The number of thiophene rings is 1. The summed E-state index contributed by atoms with van der Waals surface area (Å²) in [4.78, 5) is 12.7. The van der Waals surface area contributed by atoms with E-state index in [-0.39, 0.29) is 11.3 Å². The van der Waals surface area contributed by atoms with E-state index in [1.54, 1.807) is 11.3 Å². The minimum atomic E-state index is -0.159. The maximum atomic E-state index is 11.6. The summed E-state index contributed by atoms with van der Waals surface area (Å²) in [6.07, 6.45) is 2.39. The first kappa shape index (κ1) is 14.1. The molecule has 104 valence electrons. The van der Waals surface area contributed by atoms with Crippen LogP contribution in [0.2, 0.25) is 0 Å². The van der Waals surface area contributed by atoms with Crippen LogP contribution in [-0.2, 0) is 11.2 Å². The van der Waals surface area contributed by atoms with Gasteiger partial charge in [0.1, 0.15) is 0 Å². The summed E-state index contributed by atoms with van der Waals surface area (Å²) in [5.41, 5.74) is 3.17. The van der Waals surface area contributed by atoms with Crippen LogP contribution in [0.1, 0.15) is 34.2 Å². The summed E-state index contributed by atoms with van der Waals surface area (Å²) < 4.78 is 1.05. The summed E-state index contributed by atoms with van der Waals surface area (Å²) >= 11 is 11.8. The monoisotopic (exact) mass is 369 g/mol. The van der Waals surface area contributed by atoms with E-state index in [0.29, 0.717) is 6.42 Å². The Balaban J connectivity index is 1.94. The number of alkyl halides is 1. The van der Waals surface area contributed by atoms with Crippen molar-refractivity contribution in [1.82, 2.24) is 0 Å². The van der Waals surface area contributed by atoms with E-state index in [0.717, 1.165) is 33.4 Å². The molecular formula is C15H13BrClNOS. The molecule has 2 nitrogen and oxygen atoms in total. The van der Waals surface area contributed by atoms with Gasteiger partial charge >= 0.3 is 0 Å². The van der Waals surface area contributed by atoms with Crippen molar-refractivity contribution in [3.63, 3.8) is 0 Å². The Kier molecular flexibility index (Phi) is 4.15. The van der Waals surface area contributed by atoms with Crippen molar-refractivity contribution >= 4 is 50.5 Å². The number of amides is 1. The largest absolute Gasteiger partial charge is 0.326 e. The SMILES string of the molecule is O=C1CCCc2cc(C(Cl)c3sccc3Br)ccc2N1. The van der Waals surface area contributed by atoms with Gasteiger partial charge in [-0.1, -0.05) is 12.1 Å². The van der Waals surface area contributed by atoms with Crippen LogP contribution in [0.25, 0.3) is 0 Å². The number of hydrogen-bond acceptors (Lipinski definition) is 2. The summed E-state index contributed by atoms with van der Waals surface area (Å²) in [6.45, 7) is 0. The number of hydrogen-bond donors (Lipinski definition) is 1. The fraction of sp³-hybridized carbons (Fsp3) is 0.267. The van der Waals surface area contributed by atoms with E-state index in [2.05, 4.69) is 27.3 Å². The van der Waals surface area contributed by atoms with Gasteiger partial charge < -0.3 is 5.32 Å². The predicted molar refractivity (Wildman–Crippen MR) is 87.7 cm³/mol. The zero-order valence-corrected chi connectivity index (χ0v) is 13.8. The second kappa shape index (κ2) is 5.88. The van der Waals surface area contributed by atoms with Crippen molar-refractivity contribution in [2.75, 3.05) is 5.32 Å². The van der Waals surface area contributed by atoms with Crippen LogP contribution in [0.4, 0.5) is 5.69 Å². The topological polar surface area (TPSA) is 29.1 Å². The number of carbonyl (C=O) groups excluding carboxylic acids is 1. The molecule has 0 spiro atoms. The van der Waals surface area contributed by atoms with E-state index in [1.807, 2.05) is 23.6 Å². The van der Waals surface area contributed by atoms with Gasteiger partial charge in [0.25, 0.3) is 0 Å². The van der Waals surface area contributed by atoms with Crippen molar-refractivity contribution < 1.29 is 4.79 Å². The lowest BCUT2D eigenvalue weighted by molar-refractivity contribution is -0.116. The van der Waals surface area contributed by atoms with E-state index >= 15 is 0 Å². The molecule has 0 fully saturated rings. The fourth-order valence-corrected chi connectivity index (χ4v) is 4.53. The number of carbonyl (C=O) groups is 1. The number of fused-ring (bicyclic) bond motifs is 1. The van der Waals surface area contributed by atoms with Gasteiger partial charge in [0.05, 0.1) is 5.38 Å². The molecule has 1 atom stereocenters. The van der Waals surface area contributed by atoms with Crippen LogP contribution in [0.3, 0.4) is 0 Å². The van der Waals surface area contributed by atoms with Crippen LogP contribution in [-0.4, -0.2) is 5.91 Å². The molecule has 2 aromatic rings. The average Bonchev–Trinajstić information content (AvgIpc) is 2.76. The Morgan fingerprint density at radius 3 is 2.90 bits per heavy atom. The molecule has 5 heteroatoms. The molecule has 0 saturated heterocycles. The first-order chi connectivity index (χ1) is 9.65. The van der Waals surface area contributed by atoms with Gasteiger partial charge in [0.2, 0.25) is 5.91 Å². The lowest BCUT2D eigenvalue weighted by Crippen LogP contribution is -2.09. The maximum absolute atomic E-state index is 11.6. The minimum absolute atomic E-state index is 0.0972. The zero-order chi connectivity index (χ0) is 14.1. The molecule has 0 aliphatic carbocycles. The van der Waals surface area contributed by atoms with Crippen LogP contribution in [0, 0.1) is 0 Å². The second-order valence-corrected chi connectivity index (χ2v) is 7.05. The lowest BCUT2D eigenvalue weighted by Gasteiger charge is -2.13. The van der Waals surface area contributed by atoms with Gasteiger partial charge in [0.15, 0.2) is 0 Å². The van der Waals surface area contributed by atoms with Crippen molar-refractivity contribution in [3.05, 3.63) is 50.1 Å². The number of halogens is 2. The van der Waals surface area contributed by atoms with Crippen molar-refractivity contribution in [2.45, 2.75) is 24.6 Å². The molecule has 1 aromatic carbocycles. The van der Waals surface area contributed by atoms with Crippen LogP contribution >= 0.6 is 38.9 Å². The number of rotatable bonds is 2. The summed E-state index contributed by atoms with van der Waals surface area (Å²) in [6, 6.07) is 8.09. The third-order valence-corrected chi connectivity index (χ3v) is 5.96. The number of nitrogens with one attached hydrogen (secondary N) is 1. The highest BCUT2D eigenvalue weighted by molar-refractivity contribution is 9.10. The molecule has 1 aliphatic rings. The van der Waals surface area contributed by atoms with Crippen LogP contribution in [0.5, 0.6) is 0 Å². The molecule has 1 aliphatic heterocycles. The standard InChI is InChI=1S/C15H13BrClNOS/c16-11-6-7-20-15(11)14(17)10-4-5-12-9(8-10)2-1-3-13(19)18-12/h4-8,14H,1-3H2,(H,18,19). The van der Waals surface area contributed by atoms with Crippen LogP contribution < -0.4 is 5.32 Å². The molecule has 0 saturated carbocycles. The predicted octanol–water partition coefficient (Wildman–Crippen LogP) is 5.11. The minimum Gasteiger partial charge on any atom is -0.326 e.